The van der Waals surface area contributed by atoms with Gasteiger partial charge in [-0.1, -0.05) is 30.3 Å². The number of hydrogen-bond acceptors (Lipinski definition) is 2. The molecule has 2 aromatic carbocycles. The molecule has 1 N–H and O–H groups in total. The number of benzene rings is 2. The summed E-state index contributed by atoms with van der Waals surface area (Å²) in [5, 5.41) is 3.42. The van der Waals surface area contributed by atoms with Crippen LogP contribution in [0, 0.1) is 0 Å². The lowest BCUT2D eigenvalue weighted by atomic mass is 10.0. The van der Waals surface area contributed by atoms with Crippen LogP contribution in [0.5, 0.6) is 5.75 Å². The quantitative estimate of drug-likeness (QED) is 0.881. The second-order valence-corrected chi connectivity index (χ2v) is 4.48. The van der Waals surface area contributed by atoms with Crippen molar-refractivity contribution >= 4 is 5.69 Å². The molecule has 0 aromatic heterocycles. The number of nitrogens with one attached hydrogen (secondary N) is 1. The first-order chi connectivity index (χ1) is 8.88. The van der Waals surface area contributed by atoms with Crippen LogP contribution in [-0.2, 0) is 6.42 Å². The van der Waals surface area contributed by atoms with Gasteiger partial charge < -0.3 is 10.1 Å². The van der Waals surface area contributed by atoms with E-state index in [0.29, 0.717) is 6.61 Å². The van der Waals surface area contributed by atoms with Gasteiger partial charge in [0.15, 0.2) is 0 Å². The molecule has 1 heterocycles. The van der Waals surface area contributed by atoms with E-state index >= 15 is 0 Å². The predicted molar refractivity (Wildman–Crippen MR) is 75.2 cm³/mol. The average molecular weight is 239 g/mol. The van der Waals surface area contributed by atoms with Crippen molar-refractivity contribution in [1.29, 1.82) is 0 Å². The highest BCUT2D eigenvalue weighted by Crippen LogP contribution is 2.34. The minimum atomic E-state index is 0.695. The molecule has 3 rings (SSSR count). The van der Waals surface area contributed by atoms with Gasteiger partial charge in [0.1, 0.15) is 5.75 Å². The summed E-state index contributed by atoms with van der Waals surface area (Å²) < 4.78 is 5.69. The Morgan fingerprint density at radius 3 is 2.94 bits per heavy atom. The minimum Gasteiger partial charge on any atom is -0.493 e. The standard InChI is InChI=1S/C16H17NO/c1-2-18-16-6-4-3-5-14(16)13-8-7-12-9-10-17-15(12)11-13/h3-8,11,17H,2,9-10H2,1H3. The molecule has 92 valence electrons. The molecule has 2 aromatic rings. The SMILES string of the molecule is CCOc1ccccc1-c1ccc2c(c1)NCC2. The number of para-hydroxylation sites is 1. The fourth-order valence-corrected chi connectivity index (χ4v) is 2.44. The topological polar surface area (TPSA) is 21.3 Å². The van der Waals surface area contributed by atoms with E-state index in [0.717, 1.165) is 24.3 Å². The Hall–Kier alpha value is -1.96. The fourth-order valence-electron chi connectivity index (χ4n) is 2.44. The Morgan fingerprint density at radius 1 is 1.17 bits per heavy atom. The van der Waals surface area contributed by atoms with Crippen LogP contribution in [0.3, 0.4) is 0 Å². The van der Waals surface area contributed by atoms with Crippen LogP contribution >= 0.6 is 0 Å². The van der Waals surface area contributed by atoms with E-state index < -0.39 is 0 Å². The third-order valence-corrected chi connectivity index (χ3v) is 3.32. The molecular weight excluding hydrogens is 222 g/mol. The zero-order chi connectivity index (χ0) is 12.4. The molecule has 1 aliphatic heterocycles. The first-order valence-corrected chi connectivity index (χ1v) is 6.47. The maximum absolute atomic E-state index is 5.69. The molecule has 2 nitrogen and oxygen atoms in total. The largest absolute Gasteiger partial charge is 0.493 e. The molecule has 0 aliphatic carbocycles. The number of fused-ring (bicyclic) bond motifs is 1. The van der Waals surface area contributed by atoms with E-state index in [1.54, 1.807) is 0 Å². The van der Waals surface area contributed by atoms with Gasteiger partial charge in [-0.2, -0.15) is 0 Å². The molecule has 1 aliphatic rings. The van der Waals surface area contributed by atoms with Crippen molar-refractivity contribution in [3.05, 3.63) is 48.0 Å². The number of anilines is 1. The van der Waals surface area contributed by atoms with Gasteiger partial charge in [-0.05, 0) is 36.6 Å². The van der Waals surface area contributed by atoms with Gasteiger partial charge in [-0.25, -0.2) is 0 Å². The van der Waals surface area contributed by atoms with Gasteiger partial charge in [-0.15, -0.1) is 0 Å². The summed E-state index contributed by atoms with van der Waals surface area (Å²) >= 11 is 0. The van der Waals surface area contributed by atoms with E-state index in [-0.39, 0.29) is 0 Å². The Morgan fingerprint density at radius 2 is 2.06 bits per heavy atom. The Labute approximate surface area is 108 Å². The van der Waals surface area contributed by atoms with Crippen LogP contribution in [0.25, 0.3) is 11.1 Å². The lowest BCUT2D eigenvalue weighted by molar-refractivity contribution is 0.341. The van der Waals surface area contributed by atoms with Crippen LogP contribution in [-0.4, -0.2) is 13.2 Å². The summed E-state index contributed by atoms with van der Waals surface area (Å²) in [7, 11) is 0. The zero-order valence-electron chi connectivity index (χ0n) is 10.6. The van der Waals surface area contributed by atoms with Gasteiger partial charge in [0.2, 0.25) is 0 Å². The van der Waals surface area contributed by atoms with Gasteiger partial charge in [0.25, 0.3) is 0 Å². The maximum atomic E-state index is 5.69. The summed E-state index contributed by atoms with van der Waals surface area (Å²) in [6.07, 6.45) is 1.13. The summed E-state index contributed by atoms with van der Waals surface area (Å²) in [6.45, 7) is 3.76. The highest BCUT2D eigenvalue weighted by Gasteiger charge is 2.12. The van der Waals surface area contributed by atoms with Crippen LogP contribution in [0.15, 0.2) is 42.5 Å². The van der Waals surface area contributed by atoms with Crippen molar-refractivity contribution in [3.8, 4) is 16.9 Å². The molecule has 0 radical (unpaired) electrons. The summed E-state index contributed by atoms with van der Waals surface area (Å²) in [6, 6.07) is 14.8. The summed E-state index contributed by atoms with van der Waals surface area (Å²) in [5.74, 6) is 0.956. The lowest BCUT2D eigenvalue weighted by Gasteiger charge is -2.11. The first-order valence-electron chi connectivity index (χ1n) is 6.47. The third-order valence-electron chi connectivity index (χ3n) is 3.32. The molecule has 2 heteroatoms. The molecular formula is C16H17NO. The second-order valence-electron chi connectivity index (χ2n) is 4.48. The highest BCUT2D eigenvalue weighted by atomic mass is 16.5. The van der Waals surface area contributed by atoms with Crippen molar-refractivity contribution in [2.45, 2.75) is 13.3 Å². The Bertz CT molecular complexity index is 563. The van der Waals surface area contributed by atoms with Crippen molar-refractivity contribution < 1.29 is 4.74 Å². The normalized spacial score (nSPS) is 12.9. The second kappa shape index (κ2) is 4.73. The van der Waals surface area contributed by atoms with E-state index in [9.17, 15) is 0 Å². The summed E-state index contributed by atoms with van der Waals surface area (Å²) in [5.41, 5.74) is 5.05. The Balaban J connectivity index is 2.04. The van der Waals surface area contributed by atoms with E-state index in [2.05, 4.69) is 35.6 Å². The molecule has 0 amide bonds. The smallest absolute Gasteiger partial charge is 0.127 e. The first kappa shape index (κ1) is 11.1. The molecule has 0 saturated heterocycles. The van der Waals surface area contributed by atoms with Crippen molar-refractivity contribution in [2.24, 2.45) is 0 Å². The third kappa shape index (κ3) is 1.94. The van der Waals surface area contributed by atoms with Crippen molar-refractivity contribution in [2.75, 3.05) is 18.5 Å². The minimum absolute atomic E-state index is 0.695. The molecule has 0 bridgehead atoms. The van der Waals surface area contributed by atoms with Gasteiger partial charge >= 0.3 is 0 Å². The number of rotatable bonds is 3. The van der Waals surface area contributed by atoms with Crippen molar-refractivity contribution in [1.82, 2.24) is 0 Å². The van der Waals surface area contributed by atoms with Crippen LogP contribution in [0.4, 0.5) is 5.69 Å². The highest BCUT2D eigenvalue weighted by molar-refractivity contribution is 5.75. The van der Waals surface area contributed by atoms with Crippen LogP contribution < -0.4 is 10.1 Å². The molecule has 0 unspecified atom stereocenters. The lowest BCUT2D eigenvalue weighted by Crippen LogP contribution is -1.94. The van der Waals surface area contributed by atoms with Crippen molar-refractivity contribution in [3.63, 3.8) is 0 Å². The van der Waals surface area contributed by atoms with E-state index in [1.807, 2.05) is 19.1 Å². The van der Waals surface area contributed by atoms with Gasteiger partial charge in [0, 0.05) is 17.8 Å². The number of ether oxygens (including phenoxy) is 1. The Kier molecular flexibility index (Phi) is 2.93. The fraction of sp³-hybridized carbons (Fsp3) is 0.250. The average Bonchev–Trinajstić information content (AvgIpc) is 2.87. The van der Waals surface area contributed by atoms with Crippen LogP contribution in [0.2, 0.25) is 0 Å². The molecule has 0 atom stereocenters. The predicted octanol–water partition coefficient (Wildman–Crippen LogP) is 3.72. The van der Waals surface area contributed by atoms with Gasteiger partial charge in [-0.3, -0.25) is 0 Å². The van der Waals surface area contributed by atoms with E-state index in [4.69, 9.17) is 4.74 Å². The molecule has 0 saturated carbocycles. The molecule has 18 heavy (non-hydrogen) atoms. The summed E-state index contributed by atoms with van der Waals surface area (Å²) in [4.78, 5) is 0. The molecule has 0 spiro atoms. The van der Waals surface area contributed by atoms with Gasteiger partial charge in [0.05, 0.1) is 6.61 Å². The van der Waals surface area contributed by atoms with Crippen LogP contribution in [0.1, 0.15) is 12.5 Å². The zero-order valence-corrected chi connectivity index (χ0v) is 10.6. The molecule has 0 fully saturated rings. The maximum Gasteiger partial charge on any atom is 0.127 e. The monoisotopic (exact) mass is 239 g/mol. The van der Waals surface area contributed by atoms with E-state index in [1.165, 1.54) is 16.8 Å². The number of hydrogen-bond donors (Lipinski definition) is 1.